The fourth-order valence-electron chi connectivity index (χ4n) is 1.71. The molecular weight excluding hydrogens is 224 g/mol. The number of pyridine rings is 2. The Hall–Kier alpha value is -1.94. The van der Waals surface area contributed by atoms with Crippen molar-refractivity contribution >= 4 is 5.82 Å². The van der Waals surface area contributed by atoms with Crippen LogP contribution in [-0.2, 0) is 6.54 Å². The molecule has 94 valence electrons. The van der Waals surface area contributed by atoms with Crippen molar-refractivity contribution in [2.75, 3.05) is 11.9 Å². The molecule has 18 heavy (non-hydrogen) atoms. The van der Waals surface area contributed by atoms with Gasteiger partial charge in [0.05, 0.1) is 12.2 Å². The summed E-state index contributed by atoms with van der Waals surface area (Å²) in [4.78, 5) is 10.8. The van der Waals surface area contributed by atoms with Gasteiger partial charge < -0.3 is 10.6 Å². The first-order valence-electron chi connectivity index (χ1n) is 5.99. The largest absolute Gasteiger partial charge is 0.354 e. The molecule has 4 nitrogen and oxygen atoms in total. The molecule has 4 heteroatoms. The first-order valence-corrected chi connectivity index (χ1v) is 5.99. The van der Waals surface area contributed by atoms with Crippen LogP contribution in [0.4, 0.5) is 5.82 Å². The van der Waals surface area contributed by atoms with Crippen LogP contribution in [0.2, 0.25) is 0 Å². The summed E-state index contributed by atoms with van der Waals surface area (Å²) in [5.74, 6) is 0.921. The highest BCUT2D eigenvalue weighted by atomic mass is 15.2. The highest BCUT2D eigenvalue weighted by molar-refractivity contribution is 5.39. The Morgan fingerprint density at radius 3 is 2.61 bits per heavy atom. The molecule has 0 unspecified atom stereocenters. The van der Waals surface area contributed by atoms with E-state index in [-0.39, 0.29) is 6.04 Å². The van der Waals surface area contributed by atoms with Crippen molar-refractivity contribution in [2.24, 2.45) is 5.73 Å². The molecule has 0 amide bonds. The zero-order valence-electron chi connectivity index (χ0n) is 10.7. The van der Waals surface area contributed by atoms with Gasteiger partial charge in [-0.15, -0.1) is 0 Å². The Labute approximate surface area is 107 Å². The molecule has 0 aliphatic rings. The van der Waals surface area contributed by atoms with Gasteiger partial charge in [-0.1, -0.05) is 12.1 Å². The summed E-state index contributed by atoms with van der Waals surface area (Å²) in [6.45, 7) is 2.69. The van der Waals surface area contributed by atoms with E-state index in [0.29, 0.717) is 0 Å². The number of nitrogens with zero attached hydrogens (tertiary/aromatic N) is 3. The molecule has 0 saturated carbocycles. The predicted molar refractivity (Wildman–Crippen MR) is 73.2 cm³/mol. The smallest absolute Gasteiger partial charge is 0.128 e. The molecule has 0 spiro atoms. The Kier molecular flexibility index (Phi) is 3.89. The number of aromatic nitrogens is 2. The van der Waals surface area contributed by atoms with Crippen molar-refractivity contribution in [1.29, 1.82) is 0 Å². The first-order chi connectivity index (χ1) is 8.66. The summed E-state index contributed by atoms with van der Waals surface area (Å²) in [7, 11) is 2.00. The van der Waals surface area contributed by atoms with Gasteiger partial charge in [0.15, 0.2) is 0 Å². The van der Waals surface area contributed by atoms with Gasteiger partial charge in [0.1, 0.15) is 5.82 Å². The van der Waals surface area contributed by atoms with E-state index in [1.54, 1.807) is 6.20 Å². The van der Waals surface area contributed by atoms with Crippen molar-refractivity contribution in [2.45, 2.75) is 19.5 Å². The lowest BCUT2D eigenvalue weighted by Gasteiger charge is -2.18. The van der Waals surface area contributed by atoms with Gasteiger partial charge in [-0.05, 0) is 30.7 Å². The molecule has 0 saturated heterocycles. The average Bonchev–Trinajstić information content (AvgIpc) is 2.40. The normalized spacial score (nSPS) is 12.2. The second-order valence-electron chi connectivity index (χ2n) is 4.42. The monoisotopic (exact) mass is 242 g/mol. The van der Waals surface area contributed by atoms with E-state index >= 15 is 0 Å². The van der Waals surface area contributed by atoms with Crippen LogP contribution >= 0.6 is 0 Å². The highest BCUT2D eigenvalue weighted by Gasteiger charge is 2.05. The zero-order valence-corrected chi connectivity index (χ0v) is 10.7. The summed E-state index contributed by atoms with van der Waals surface area (Å²) in [6, 6.07) is 9.94. The number of hydrogen-bond donors (Lipinski definition) is 1. The Balaban J connectivity index is 2.07. The number of nitrogens with two attached hydrogens (primary N) is 1. The molecule has 0 aliphatic carbocycles. The van der Waals surface area contributed by atoms with Crippen LogP contribution in [-0.4, -0.2) is 17.0 Å². The Morgan fingerprint density at radius 1 is 1.22 bits per heavy atom. The van der Waals surface area contributed by atoms with Crippen LogP contribution in [0.5, 0.6) is 0 Å². The molecule has 2 N–H and O–H groups in total. The van der Waals surface area contributed by atoms with Gasteiger partial charge in [-0.25, -0.2) is 4.98 Å². The van der Waals surface area contributed by atoms with Crippen molar-refractivity contribution in [3.05, 3.63) is 54.0 Å². The molecule has 0 aliphatic heterocycles. The predicted octanol–water partition coefficient (Wildman–Crippen LogP) is 2.13. The van der Waals surface area contributed by atoms with Gasteiger partial charge in [0.25, 0.3) is 0 Å². The van der Waals surface area contributed by atoms with Crippen molar-refractivity contribution < 1.29 is 0 Å². The lowest BCUT2D eigenvalue weighted by molar-refractivity contribution is 0.805. The number of hydrogen-bond acceptors (Lipinski definition) is 4. The minimum absolute atomic E-state index is 0.0210. The summed E-state index contributed by atoms with van der Waals surface area (Å²) in [5.41, 5.74) is 7.87. The maximum atomic E-state index is 5.80. The fraction of sp³-hybridized carbons (Fsp3) is 0.286. The summed E-state index contributed by atoms with van der Waals surface area (Å²) in [6.07, 6.45) is 3.63. The van der Waals surface area contributed by atoms with Crippen LogP contribution < -0.4 is 10.6 Å². The third kappa shape index (κ3) is 3.05. The van der Waals surface area contributed by atoms with E-state index in [9.17, 15) is 0 Å². The molecule has 2 aromatic rings. The molecule has 2 rings (SSSR count). The van der Waals surface area contributed by atoms with Crippen molar-refractivity contribution in [3.8, 4) is 0 Å². The second kappa shape index (κ2) is 5.60. The highest BCUT2D eigenvalue weighted by Crippen LogP contribution is 2.14. The maximum absolute atomic E-state index is 5.80. The van der Waals surface area contributed by atoms with Gasteiger partial charge in [0, 0.05) is 25.5 Å². The Bertz CT molecular complexity index is 479. The zero-order chi connectivity index (χ0) is 13.0. The number of anilines is 1. The van der Waals surface area contributed by atoms with Gasteiger partial charge in [-0.2, -0.15) is 0 Å². The van der Waals surface area contributed by atoms with E-state index in [0.717, 1.165) is 23.6 Å². The van der Waals surface area contributed by atoms with Gasteiger partial charge >= 0.3 is 0 Å². The van der Waals surface area contributed by atoms with Crippen molar-refractivity contribution in [1.82, 2.24) is 9.97 Å². The van der Waals surface area contributed by atoms with Crippen LogP contribution in [0, 0.1) is 0 Å². The lowest BCUT2D eigenvalue weighted by atomic mass is 10.1. The van der Waals surface area contributed by atoms with Crippen LogP contribution in [0.15, 0.2) is 42.7 Å². The molecule has 2 aromatic heterocycles. The van der Waals surface area contributed by atoms with Gasteiger partial charge in [-0.3, -0.25) is 4.98 Å². The quantitative estimate of drug-likeness (QED) is 0.892. The van der Waals surface area contributed by atoms with E-state index in [1.807, 2.05) is 50.5 Å². The summed E-state index contributed by atoms with van der Waals surface area (Å²) in [5, 5.41) is 0. The molecule has 0 radical (unpaired) electrons. The van der Waals surface area contributed by atoms with Crippen LogP contribution in [0.25, 0.3) is 0 Å². The van der Waals surface area contributed by atoms with Crippen molar-refractivity contribution in [3.63, 3.8) is 0 Å². The minimum atomic E-state index is 0.0210. The number of rotatable bonds is 4. The van der Waals surface area contributed by atoms with E-state index in [2.05, 4.69) is 14.9 Å². The Morgan fingerprint density at radius 2 is 2.06 bits per heavy atom. The van der Waals surface area contributed by atoms with E-state index < -0.39 is 0 Å². The first kappa shape index (κ1) is 12.5. The molecule has 1 atom stereocenters. The van der Waals surface area contributed by atoms with Crippen LogP contribution in [0.3, 0.4) is 0 Å². The third-order valence-electron chi connectivity index (χ3n) is 2.81. The topological polar surface area (TPSA) is 55.0 Å². The minimum Gasteiger partial charge on any atom is -0.354 e. The van der Waals surface area contributed by atoms with E-state index in [4.69, 9.17) is 5.73 Å². The molecule has 0 fully saturated rings. The lowest BCUT2D eigenvalue weighted by Crippen LogP contribution is -2.18. The second-order valence-corrected chi connectivity index (χ2v) is 4.42. The SMILES string of the molecule is C[C@@H](N)c1ccc(N(C)Cc2ccccn2)nc1. The molecule has 0 aromatic carbocycles. The third-order valence-corrected chi connectivity index (χ3v) is 2.81. The fourth-order valence-corrected chi connectivity index (χ4v) is 1.71. The molecule has 2 heterocycles. The average molecular weight is 242 g/mol. The van der Waals surface area contributed by atoms with Crippen LogP contribution in [0.1, 0.15) is 24.2 Å². The molecular formula is C14H18N4. The molecule has 0 bridgehead atoms. The summed E-state index contributed by atoms with van der Waals surface area (Å²) >= 11 is 0. The van der Waals surface area contributed by atoms with E-state index in [1.165, 1.54) is 0 Å². The standard InChI is InChI=1S/C14H18N4/c1-11(15)12-6-7-14(17-9-12)18(2)10-13-5-3-4-8-16-13/h3-9,11H,10,15H2,1-2H3/t11-/m1/s1. The summed E-state index contributed by atoms with van der Waals surface area (Å²) < 4.78 is 0. The van der Waals surface area contributed by atoms with Gasteiger partial charge in [0.2, 0.25) is 0 Å². The maximum Gasteiger partial charge on any atom is 0.128 e.